The van der Waals surface area contributed by atoms with Gasteiger partial charge in [0.2, 0.25) is 0 Å². The number of methoxy groups -OCH3 is 1. The number of hydrogen-bond acceptors (Lipinski definition) is 5. The number of carbonyl (C=O) groups excluding carboxylic acids is 1. The molecule has 5 nitrogen and oxygen atoms in total. The first-order chi connectivity index (χ1) is 9.74. The van der Waals surface area contributed by atoms with Gasteiger partial charge in [0.1, 0.15) is 11.9 Å². The van der Waals surface area contributed by atoms with Crippen molar-refractivity contribution in [1.29, 1.82) is 0 Å². The van der Waals surface area contributed by atoms with Crippen LogP contribution in [0.3, 0.4) is 0 Å². The Morgan fingerprint density at radius 3 is 2.70 bits per heavy atom. The van der Waals surface area contributed by atoms with Gasteiger partial charge < -0.3 is 15.0 Å². The predicted octanol–water partition coefficient (Wildman–Crippen LogP) is 2.44. The number of pyridine rings is 1. The van der Waals surface area contributed by atoms with E-state index in [2.05, 4.69) is 15.2 Å². The van der Waals surface area contributed by atoms with Crippen LogP contribution in [0.1, 0.15) is 32.6 Å². The van der Waals surface area contributed by atoms with Crippen molar-refractivity contribution in [1.82, 2.24) is 4.98 Å². The second kappa shape index (κ2) is 7.12. The molecule has 1 aliphatic rings. The number of anilines is 2. The molecule has 0 amide bonds. The molecule has 110 valence electrons. The maximum absolute atomic E-state index is 11.5. The summed E-state index contributed by atoms with van der Waals surface area (Å²) in [5.74, 6) is 0.772. The SMILES string of the molecule is CCC(Nc1ccc(N2CCCCC2)nc1)C(=O)OC. The normalized spacial score (nSPS) is 16.6. The second-order valence-electron chi connectivity index (χ2n) is 5.08. The average molecular weight is 277 g/mol. The van der Waals surface area contributed by atoms with E-state index in [4.69, 9.17) is 4.74 Å². The van der Waals surface area contributed by atoms with E-state index < -0.39 is 0 Å². The quantitative estimate of drug-likeness (QED) is 0.838. The maximum atomic E-state index is 11.5. The van der Waals surface area contributed by atoms with Gasteiger partial charge in [-0.2, -0.15) is 0 Å². The molecule has 1 N–H and O–H groups in total. The van der Waals surface area contributed by atoms with Crippen LogP contribution >= 0.6 is 0 Å². The summed E-state index contributed by atoms with van der Waals surface area (Å²) in [6, 6.07) is 3.67. The lowest BCUT2D eigenvalue weighted by Gasteiger charge is -2.27. The number of nitrogens with one attached hydrogen (secondary N) is 1. The highest BCUT2D eigenvalue weighted by Gasteiger charge is 2.17. The minimum Gasteiger partial charge on any atom is -0.467 e. The van der Waals surface area contributed by atoms with E-state index >= 15 is 0 Å². The molecule has 2 rings (SSSR count). The van der Waals surface area contributed by atoms with Crippen molar-refractivity contribution in [3.8, 4) is 0 Å². The smallest absolute Gasteiger partial charge is 0.328 e. The van der Waals surface area contributed by atoms with E-state index in [-0.39, 0.29) is 12.0 Å². The summed E-state index contributed by atoms with van der Waals surface area (Å²) >= 11 is 0. The molecule has 0 aliphatic carbocycles. The van der Waals surface area contributed by atoms with Crippen molar-refractivity contribution < 1.29 is 9.53 Å². The Labute approximate surface area is 120 Å². The van der Waals surface area contributed by atoms with Crippen LogP contribution in [-0.4, -0.2) is 37.2 Å². The van der Waals surface area contributed by atoms with Crippen LogP contribution in [0.4, 0.5) is 11.5 Å². The summed E-state index contributed by atoms with van der Waals surface area (Å²) in [5, 5.41) is 3.15. The van der Waals surface area contributed by atoms with Crippen LogP contribution in [0.2, 0.25) is 0 Å². The molecule has 1 unspecified atom stereocenters. The minimum absolute atomic E-state index is 0.243. The van der Waals surface area contributed by atoms with Gasteiger partial charge in [-0.05, 0) is 37.8 Å². The zero-order chi connectivity index (χ0) is 14.4. The zero-order valence-corrected chi connectivity index (χ0v) is 12.3. The highest BCUT2D eigenvalue weighted by Crippen LogP contribution is 2.19. The molecule has 20 heavy (non-hydrogen) atoms. The lowest BCUT2D eigenvalue weighted by Crippen LogP contribution is -2.31. The third-order valence-corrected chi connectivity index (χ3v) is 3.66. The van der Waals surface area contributed by atoms with Crippen LogP contribution in [0, 0.1) is 0 Å². The third-order valence-electron chi connectivity index (χ3n) is 3.66. The number of piperidine rings is 1. The van der Waals surface area contributed by atoms with Gasteiger partial charge in [-0.15, -0.1) is 0 Å². The summed E-state index contributed by atoms with van der Waals surface area (Å²) in [6.45, 7) is 4.11. The monoisotopic (exact) mass is 277 g/mol. The molecule has 0 radical (unpaired) electrons. The summed E-state index contributed by atoms with van der Waals surface area (Å²) in [5.41, 5.74) is 0.850. The fourth-order valence-electron chi connectivity index (χ4n) is 2.45. The molecule has 1 atom stereocenters. The molecule has 1 fully saturated rings. The number of nitrogens with zero attached hydrogens (tertiary/aromatic N) is 2. The van der Waals surface area contributed by atoms with Crippen LogP contribution in [-0.2, 0) is 9.53 Å². The lowest BCUT2D eigenvalue weighted by molar-refractivity contribution is -0.141. The standard InChI is InChI=1S/C15H23N3O2/c1-3-13(15(19)20-2)17-12-7-8-14(16-11-12)18-9-5-4-6-10-18/h7-8,11,13,17H,3-6,9-10H2,1-2H3. The Morgan fingerprint density at radius 2 is 2.15 bits per heavy atom. The maximum Gasteiger partial charge on any atom is 0.328 e. The number of aromatic nitrogens is 1. The number of hydrogen-bond donors (Lipinski definition) is 1. The number of carbonyl (C=O) groups is 1. The first kappa shape index (κ1) is 14.6. The van der Waals surface area contributed by atoms with E-state index in [0.29, 0.717) is 6.42 Å². The summed E-state index contributed by atoms with van der Waals surface area (Å²) in [7, 11) is 1.41. The van der Waals surface area contributed by atoms with Crippen LogP contribution < -0.4 is 10.2 Å². The third kappa shape index (κ3) is 3.62. The molecule has 2 heterocycles. The highest BCUT2D eigenvalue weighted by atomic mass is 16.5. The summed E-state index contributed by atoms with van der Waals surface area (Å²) in [6.07, 6.45) is 6.26. The van der Waals surface area contributed by atoms with Crippen molar-refractivity contribution in [3.05, 3.63) is 18.3 Å². The first-order valence-electron chi connectivity index (χ1n) is 7.30. The molecule has 0 aromatic carbocycles. The Hall–Kier alpha value is -1.78. The Morgan fingerprint density at radius 1 is 1.40 bits per heavy atom. The van der Waals surface area contributed by atoms with Crippen molar-refractivity contribution in [2.75, 3.05) is 30.4 Å². The zero-order valence-electron chi connectivity index (χ0n) is 12.3. The molecule has 1 aromatic heterocycles. The van der Waals surface area contributed by atoms with Crippen molar-refractivity contribution >= 4 is 17.5 Å². The van der Waals surface area contributed by atoms with E-state index in [0.717, 1.165) is 24.6 Å². The van der Waals surface area contributed by atoms with Gasteiger partial charge in [0, 0.05) is 13.1 Å². The predicted molar refractivity (Wildman–Crippen MR) is 80.0 cm³/mol. The van der Waals surface area contributed by atoms with Crippen LogP contribution in [0.5, 0.6) is 0 Å². The highest BCUT2D eigenvalue weighted by molar-refractivity contribution is 5.79. The number of rotatable bonds is 5. The van der Waals surface area contributed by atoms with Gasteiger partial charge in [0.05, 0.1) is 19.0 Å². The van der Waals surface area contributed by atoms with E-state index in [1.807, 2.05) is 19.1 Å². The van der Waals surface area contributed by atoms with Gasteiger partial charge in [-0.3, -0.25) is 0 Å². The summed E-state index contributed by atoms with van der Waals surface area (Å²) < 4.78 is 4.76. The first-order valence-corrected chi connectivity index (χ1v) is 7.30. The molecule has 1 aliphatic heterocycles. The molecule has 0 saturated carbocycles. The Balaban J connectivity index is 1.98. The second-order valence-corrected chi connectivity index (χ2v) is 5.08. The average Bonchev–Trinajstić information content (AvgIpc) is 2.53. The number of ether oxygens (including phenoxy) is 1. The Kier molecular flexibility index (Phi) is 5.21. The van der Waals surface area contributed by atoms with Crippen molar-refractivity contribution in [3.63, 3.8) is 0 Å². The van der Waals surface area contributed by atoms with Crippen molar-refractivity contribution in [2.24, 2.45) is 0 Å². The Bertz CT molecular complexity index is 427. The molecule has 1 aromatic rings. The van der Waals surface area contributed by atoms with E-state index in [1.165, 1.54) is 26.4 Å². The summed E-state index contributed by atoms with van der Waals surface area (Å²) in [4.78, 5) is 18.3. The number of esters is 1. The molecule has 0 spiro atoms. The lowest BCUT2D eigenvalue weighted by atomic mass is 10.1. The molecular formula is C15H23N3O2. The topological polar surface area (TPSA) is 54.5 Å². The largest absolute Gasteiger partial charge is 0.467 e. The minimum atomic E-state index is -0.317. The molecular weight excluding hydrogens is 254 g/mol. The fourth-order valence-corrected chi connectivity index (χ4v) is 2.45. The fraction of sp³-hybridized carbons (Fsp3) is 0.600. The van der Waals surface area contributed by atoms with Gasteiger partial charge in [0.25, 0.3) is 0 Å². The van der Waals surface area contributed by atoms with Gasteiger partial charge >= 0.3 is 5.97 Å². The van der Waals surface area contributed by atoms with Crippen molar-refractivity contribution in [2.45, 2.75) is 38.6 Å². The van der Waals surface area contributed by atoms with Crippen LogP contribution in [0.25, 0.3) is 0 Å². The molecule has 1 saturated heterocycles. The molecule has 5 heteroatoms. The molecule has 0 bridgehead atoms. The van der Waals surface area contributed by atoms with E-state index in [1.54, 1.807) is 6.20 Å². The van der Waals surface area contributed by atoms with Crippen LogP contribution in [0.15, 0.2) is 18.3 Å². The van der Waals surface area contributed by atoms with Gasteiger partial charge in [-0.25, -0.2) is 9.78 Å². The van der Waals surface area contributed by atoms with Gasteiger partial charge in [-0.1, -0.05) is 6.92 Å². The van der Waals surface area contributed by atoms with Gasteiger partial charge in [0.15, 0.2) is 0 Å². The van der Waals surface area contributed by atoms with E-state index in [9.17, 15) is 4.79 Å².